The molecular weight excluding hydrogens is 288 g/mol. The van der Waals surface area contributed by atoms with E-state index in [4.69, 9.17) is 0 Å². The van der Waals surface area contributed by atoms with Crippen LogP contribution in [0.2, 0.25) is 0 Å². The SMILES string of the molecule is CCCCNC(=O)c1ccc(NC(=O)Cc2ccccc2)cc1. The molecule has 0 heterocycles. The first kappa shape index (κ1) is 16.7. The second kappa shape index (κ2) is 8.73. The van der Waals surface area contributed by atoms with E-state index in [1.165, 1.54) is 0 Å². The molecule has 0 aliphatic heterocycles. The minimum absolute atomic E-state index is 0.0728. The van der Waals surface area contributed by atoms with Crippen molar-refractivity contribution in [3.8, 4) is 0 Å². The van der Waals surface area contributed by atoms with Crippen LogP contribution in [0, 0.1) is 0 Å². The molecule has 0 spiro atoms. The first-order valence-electron chi connectivity index (χ1n) is 7.91. The van der Waals surface area contributed by atoms with Gasteiger partial charge < -0.3 is 10.6 Å². The van der Waals surface area contributed by atoms with Gasteiger partial charge in [-0.15, -0.1) is 0 Å². The van der Waals surface area contributed by atoms with Crippen molar-refractivity contribution in [3.63, 3.8) is 0 Å². The largest absolute Gasteiger partial charge is 0.352 e. The van der Waals surface area contributed by atoms with Gasteiger partial charge in [0.25, 0.3) is 5.91 Å². The molecular formula is C19H22N2O2. The van der Waals surface area contributed by atoms with Crippen LogP contribution in [0.3, 0.4) is 0 Å². The maximum Gasteiger partial charge on any atom is 0.251 e. The molecule has 2 rings (SSSR count). The summed E-state index contributed by atoms with van der Waals surface area (Å²) in [6, 6.07) is 16.5. The quantitative estimate of drug-likeness (QED) is 0.770. The first-order valence-corrected chi connectivity index (χ1v) is 7.91. The van der Waals surface area contributed by atoms with Crippen molar-refractivity contribution in [2.75, 3.05) is 11.9 Å². The van der Waals surface area contributed by atoms with Gasteiger partial charge >= 0.3 is 0 Å². The number of amides is 2. The zero-order chi connectivity index (χ0) is 16.5. The van der Waals surface area contributed by atoms with Gasteiger partial charge in [-0.05, 0) is 36.2 Å². The minimum atomic E-state index is -0.0828. The third kappa shape index (κ3) is 5.58. The van der Waals surface area contributed by atoms with Gasteiger partial charge in [-0.1, -0.05) is 43.7 Å². The lowest BCUT2D eigenvalue weighted by Crippen LogP contribution is -2.24. The van der Waals surface area contributed by atoms with E-state index >= 15 is 0 Å². The fraction of sp³-hybridized carbons (Fsp3) is 0.263. The lowest BCUT2D eigenvalue weighted by molar-refractivity contribution is -0.115. The summed E-state index contributed by atoms with van der Waals surface area (Å²) < 4.78 is 0. The zero-order valence-corrected chi connectivity index (χ0v) is 13.3. The maximum atomic E-state index is 12.0. The standard InChI is InChI=1S/C19H22N2O2/c1-2-3-13-20-19(23)16-9-11-17(12-10-16)21-18(22)14-15-7-5-4-6-8-15/h4-12H,2-3,13-14H2,1H3,(H,20,23)(H,21,22). The number of anilines is 1. The van der Waals surface area contributed by atoms with Gasteiger partial charge in [0.15, 0.2) is 0 Å². The second-order valence-corrected chi connectivity index (χ2v) is 5.40. The molecule has 2 amide bonds. The molecule has 0 saturated carbocycles. The molecule has 2 N–H and O–H groups in total. The van der Waals surface area contributed by atoms with Crippen LogP contribution in [0.5, 0.6) is 0 Å². The van der Waals surface area contributed by atoms with Crippen LogP contribution in [-0.2, 0) is 11.2 Å². The van der Waals surface area contributed by atoms with Gasteiger partial charge in [0.1, 0.15) is 0 Å². The molecule has 0 atom stereocenters. The van der Waals surface area contributed by atoms with Crippen molar-refractivity contribution in [2.45, 2.75) is 26.2 Å². The molecule has 0 unspecified atom stereocenters. The number of benzene rings is 2. The van der Waals surface area contributed by atoms with Crippen molar-refractivity contribution in [1.29, 1.82) is 0 Å². The Morgan fingerprint density at radius 2 is 1.65 bits per heavy atom. The lowest BCUT2D eigenvalue weighted by Gasteiger charge is -2.07. The average molecular weight is 310 g/mol. The minimum Gasteiger partial charge on any atom is -0.352 e. The summed E-state index contributed by atoms with van der Waals surface area (Å²) >= 11 is 0. The summed E-state index contributed by atoms with van der Waals surface area (Å²) in [6.45, 7) is 2.77. The monoisotopic (exact) mass is 310 g/mol. The Balaban J connectivity index is 1.87. The van der Waals surface area contributed by atoms with Crippen molar-refractivity contribution in [2.24, 2.45) is 0 Å². The number of hydrogen-bond donors (Lipinski definition) is 2. The highest BCUT2D eigenvalue weighted by Gasteiger charge is 2.06. The van der Waals surface area contributed by atoms with E-state index in [-0.39, 0.29) is 11.8 Å². The van der Waals surface area contributed by atoms with E-state index < -0.39 is 0 Å². The normalized spacial score (nSPS) is 10.1. The first-order chi connectivity index (χ1) is 11.2. The molecule has 0 saturated heterocycles. The predicted octanol–water partition coefficient (Wildman–Crippen LogP) is 3.40. The fourth-order valence-corrected chi connectivity index (χ4v) is 2.17. The van der Waals surface area contributed by atoms with Gasteiger partial charge in [-0.25, -0.2) is 0 Å². The highest BCUT2D eigenvalue weighted by atomic mass is 16.2. The summed E-state index contributed by atoms with van der Waals surface area (Å²) in [5, 5.41) is 5.70. The van der Waals surface area contributed by atoms with Crippen LogP contribution >= 0.6 is 0 Å². The Labute approximate surface area is 136 Å². The van der Waals surface area contributed by atoms with E-state index in [9.17, 15) is 9.59 Å². The van der Waals surface area contributed by atoms with Gasteiger partial charge in [0.05, 0.1) is 6.42 Å². The molecule has 0 bridgehead atoms. The Morgan fingerprint density at radius 1 is 0.957 bits per heavy atom. The van der Waals surface area contributed by atoms with Crippen LogP contribution in [-0.4, -0.2) is 18.4 Å². The van der Waals surface area contributed by atoms with Gasteiger partial charge in [-0.2, -0.15) is 0 Å². The summed E-state index contributed by atoms with van der Waals surface area (Å²) in [6.07, 6.45) is 2.35. The number of rotatable bonds is 7. The Morgan fingerprint density at radius 3 is 2.30 bits per heavy atom. The molecule has 4 heteroatoms. The van der Waals surface area contributed by atoms with E-state index in [1.807, 2.05) is 30.3 Å². The van der Waals surface area contributed by atoms with Gasteiger partial charge in [0.2, 0.25) is 5.91 Å². The van der Waals surface area contributed by atoms with Gasteiger partial charge in [-0.3, -0.25) is 9.59 Å². The third-order valence-electron chi connectivity index (χ3n) is 3.45. The molecule has 23 heavy (non-hydrogen) atoms. The summed E-state index contributed by atoms with van der Waals surface area (Å²) in [7, 11) is 0. The highest BCUT2D eigenvalue weighted by molar-refractivity contribution is 5.96. The summed E-state index contributed by atoms with van der Waals surface area (Å²) in [4.78, 5) is 23.9. The lowest BCUT2D eigenvalue weighted by atomic mass is 10.1. The number of carbonyl (C=O) groups is 2. The molecule has 2 aromatic rings. The smallest absolute Gasteiger partial charge is 0.251 e. The van der Waals surface area contributed by atoms with Crippen molar-refractivity contribution >= 4 is 17.5 Å². The number of carbonyl (C=O) groups excluding carboxylic acids is 2. The number of hydrogen-bond acceptors (Lipinski definition) is 2. The van der Waals surface area contributed by atoms with E-state index in [0.29, 0.717) is 24.2 Å². The zero-order valence-electron chi connectivity index (χ0n) is 13.3. The predicted molar refractivity (Wildman–Crippen MR) is 92.5 cm³/mol. The van der Waals surface area contributed by atoms with E-state index in [0.717, 1.165) is 18.4 Å². The number of unbranched alkanes of at least 4 members (excludes halogenated alkanes) is 1. The van der Waals surface area contributed by atoms with Crippen LogP contribution in [0.1, 0.15) is 35.7 Å². The van der Waals surface area contributed by atoms with Crippen LogP contribution in [0.4, 0.5) is 5.69 Å². The van der Waals surface area contributed by atoms with Crippen molar-refractivity contribution in [1.82, 2.24) is 5.32 Å². The molecule has 120 valence electrons. The number of nitrogens with one attached hydrogen (secondary N) is 2. The van der Waals surface area contributed by atoms with Crippen molar-refractivity contribution in [3.05, 3.63) is 65.7 Å². The molecule has 0 radical (unpaired) electrons. The van der Waals surface area contributed by atoms with E-state index in [1.54, 1.807) is 24.3 Å². The second-order valence-electron chi connectivity index (χ2n) is 5.40. The van der Waals surface area contributed by atoms with E-state index in [2.05, 4.69) is 17.6 Å². The molecule has 0 aromatic heterocycles. The summed E-state index contributed by atoms with van der Waals surface area (Å²) in [5.74, 6) is -0.156. The van der Waals surface area contributed by atoms with Crippen LogP contribution in [0.15, 0.2) is 54.6 Å². The molecule has 2 aromatic carbocycles. The third-order valence-corrected chi connectivity index (χ3v) is 3.45. The fourth-order valence-electron chi connectivity index (χ4n) is 2.17. The molecule has 0 fully saturated rings. The Bertz CT molecular complexity index is 636. The van der Waals surface area contributed by atoms with Crippen molar-refractivity contribution < 1.29 is 9.59 Å². The van der Waals surface area contributed by atoms with Crippen LogP contribution < -0.4 is 10.6 Å². The molecule has 0 aliphatic carbocycles. The average Bonchev–Trinajstić information content (AvgIpc) is 2.56. The molecule has 0 aliphatic rings. The summed E-state index contributed by atoms with van der Waals surface area (Å²) in [5.41, 5.74) is 2.26. The Kier molecular flexibility index (Phi) is 6.36. The topological polar surface area (TPSA) is 58.2 Å². The van der Waals surface area contributed by atoms with Gasteiger partial charge in [0, 0.05) is 17.8 Å². The highest BCUT2D eigenvalue weighted by Crippen LogP contribution is 2.10. The molecule has 4 nitrogen and oxygen atoms in total. The van der Waals surface area contributed by atoms with Crippen LogP contribution in [0.25, 0.3) is 0 Å². The Hall–Kier alpha value is -2.62. The maximum absolute atomic E-state index is 12.0.